The number of hydrogen-bond acceptors (Lipinski definition) is 6. The largest absolute Gasteiger partial charge is 0.264 e. The second-order valence-electron chi connectivity index (χ2n) is 15.5. The summed E-state index contributed by atoms with van der Waals surface area (Å²) in [6, 6.07) is 75.0. The van der Waals surface area contributed by atoms with Crippen LogP contribution in [0.2, 0.25) is 0 Å². The second kappa shape index (κ2) is 17.0. The number of pyridine rings is 1. The topological polar surface area (TPSA) is 77.3 Å². The highest BCUT2D eigenvalue weighted by Crippen LogP contribution is 2.44. The zero-order valence-electron chi connectivity index (χ0n) is 34.6. The number of benzene rings is 8. The van der Waals surface area contributed by atoms with Crippen LogP contribution in [-0.2, 0) is 0 Å². The summed E-state index contributed by atoms with van der Waals surface area (Å²) in [5.41, 5.74) is 13.6. The Morgan fingerprint density at radius 2 is 0.719 bits per heavy atom. The van der Waals surface area contributed by atoms with Crippen molar-refractivity contribution in [1.82, 2.24) is 29.9 Å². The van der Waals surface area contributed by atoms with Gasteiger partial charge in [-0.05, 0) is 56.8 Å². The average molecular weight is 819 g/mol. The highest BCUT2D eigenvalue weighted by molar-refractivity contribution is 6.00. The van der Waals surface area contributed by atoms with Crippen LogP contribution in [0, 0.1) is 0 Å². The first kappa shape index (κ1) is 38.2. The molecule has 0 saturated carbocycles. The van der Waals surface area contributed by atoms with Crippen molar-refractivity contribution in [2.45, 2.75) is 0 Å². The van der Waals surface area contributed by atoms with Crippen molar-refractivity contribution in [3.8, 4) is 101 Å². The van der Waals surface area contributed by atoms with Gasteiger partial charge in [-0.2, -0.15) is 0 Å². The van der Waals surface area contributed by atoms with Gasteiger partial charge in [0.2, 0.25) is 0 Å². The van der Waals surface area contributed by atoms with E-state index in [1.807, 2.05) is 97.3 Å². The smallest absolute Gasteiger partial charge is 0.164 e. The minimum atomic E-state index is 0.596. The van der Waals surface area contributed by atoms with Gasteiger partial charge < -0.3 is 0 Å². The van der Waals surface area contributed by atoms with Gasteiger partial charge in [0.25, 0.3) is 0 Å². The lowest BCUT2D eigenvalue weighted by Crippen LogP contribution is -2.00. The highest BCUT2D eigenvalue weighted by Gasteiger charge is 2.21. The number of hydrogen-bond donors (Lipinski definition) is 0. The number of fused-ring (bicyclic) bond motifs is 1. The standard InChI is InChI=1S/C58H38N6/c1-4-19-40(20-5-1)55-60-52(49-33-15-25-39-18-10-11-29-46(39)49)37-53(61-55)50-31-13-12-30-48(50)51-34-16-32-47(54(51)45-28-17-35-59-38-45)43-26-14-27-44(36-43)58-63-56(41-21-6-2-7-22-41)62-57(64-58)42-23-8-3-9-24-42/h1-38H. The summed E-state index contributed by atoms with van der Waals surface area (Å²) < 4.78 is 0. The van der Waals surface area contributed by atoms with Gasteiger partial charge in [-0.3, -0.25) is 4.98 Å². The molecule has 0 fully saturated rings. The van der Waals surface area contributed by atoms with Crippen LogP contribution in [0.3, 0.4) is 0 Å². The Balaban J connectivity index is 1.09. The van der Waals surface area contributed by atoms with Crippen LogP contribution in [0.4, 0.5) is 0 Å². The third-order valence-electron chi connectivity index (χ3n) is 11.5. The molecule has 11 aromatic rings. The molecule has 8 aromatic carbocycles. The summed E-state index contributed by atoms with van der Waals surface area (Å²) in [4.78, 5) is 30.2. The summed E-state index contributed by atoms with van der Waals surface area (Å²) in [6.45, 7) is 0. The first-order valence-corrected chi connectivity index (χ1v) is 21.3. The van der Waals surface area contributed by atoms with E-state index in [-0.39, 0.29) is 0 Å². The molecule has 0 spiro atoms. The predicted molar refractivity (Wildman–Crippen MR) is 260 cm³/mol. The molecule has 0 unspecified atom stereocenters. The van der Waals surface area contributed by atoms with Crippen molar-refractivity contribution >= 4 is 10.8 Å². The first-order valence-electron chi connectivity index (χ1n) is 21.3. The number of rotatable bonds is 9. The molecule has 0 amide bonds. The van der Waals surface area contributed by atoms with Crippen LogP contribution in [0.15, 0.2) is 231 Å². The highest BCUT2D eigenvalue weighted by atomic mass is 15.0. The molecule has 6 nitrogen and oxygen atoms in total. The molecule has 0 atom stereocenters. The van der Waals surface area contributed by atoms with Gasteiger partial charge in [0.15, 0.2) is 23.3 Å². The van der Waals surface area contributed by atoms with Crippen molar-refractivity contribution in [3.05, 3.63) is 231 Å². The van der Waals surface area contributed by atoms with E-state index in [1.165, 1.54) is 0 Å². The van der Waals surface area contributed by atoms with Crippen LogP contribution >= 0.6 is 0 Å². The van der Waals surface area contributed by atoms with Crippen molar-refractivity contribution < 1.29 is 0 Å². The maximum absolute atomic E-state index is 5.31. The third-order valence-corrected chi connectivity index (χ3v) is 11.5. The molecular formula is C58H38N6. The molecule has 0 saturated heterocycles. The van der Waals surface area contributed by atoms with E-state index in [4.69, 9.17) is 24.9 Å². The maximum atomic E-state index is 5.31. The van der Waals surface area contributed by atoms with Gasteiger partial charge in [0.05, 0.1) is 11.4 Å². The Morgan fingerprint density at radius 1 is 0.266 bits per heavy atom. The minimum Gasteiger partial charge on any atom is -0.264 e. The summed E-state index contributed by atoms with van der Waals surface area (Å²) >= 11 is 0. The molecule has 0 aliphatic heterocycles. The van der Waals surface area contributed by atoms with E-state index in [1.54, 1.807) is 0 Å². The van der Waals surface area contributed by atoms with Gasteiger partial charge in [0, 0.05) is 51.3 Å². The van der Waals surface area contributed by atoms with Crippen molar-refractivity contribution in [2.75, 3.05) is 0 Å². The molecule has 0 radical (unpaired) electrons. The summed E-state index contributed by atoms with van der Waals surface area (Å²) in [5.74, 6) is 2.50. The molecule has 0 N–H and O–H groups in total. The average Bonchev–Trinajstić information content (AvgIpc) is 3.39. The Morgan fingerprint density at radius 3 is 1.39 bits per heavy atom. The lowest BCUT2D eigenvalue weighted by Gasteiger charge is -2.19. The molecule has 0 aliphatic carbocycles. The molecule has 3 heterocycles. The van der Waals surface area contributed by atoms with Gasteiger partial charge in [0.1, 0.15) is 0 Å². The zero-order chi connectivity index (χ0) is 42.7. The lowest BCUT2D eigenvalue weighted by molar-refractivity contribution is 1.07. The third kappa shape index (κ3) is 7.50. The van der Waals surface area contributed by atoms with E-state index in [9.17, 15) is 0 Å². The van der Waals surface area contributed by atoms with E-state index in [2.05, 4.69) is 138 Å². The molecule has 0 aliphatic rings. The van der Waals surface area contributed by atoms with Crippen LogP contribution in [0.25, 0.3) is 112 Å². The van der Waals surface area contributed by atoms with Crippen LogP contribution in [0.5, 0.6) is 0 Å². The minimum absolute atomic E-state index is 0.596. The predicted octanol–water partition coefficient (Wildman–Crippen LogP) is 14.2. The van der Waals surface area contributed by atoms with Crippen molar-refractivity contribution in [3.63, 3.8) is 0 Å². The quantitative estimate of drug-likeness (QED) is 0.144. The molecule has 300 valence electrons. The van der Waals surface area contributed by atoms with Gasteiger partial charge in [-0.15, -0.1) is 0 Å². The van der Waals surface area contributed by atoms with Crippen molar-refractivity contribution in [1.29, 1.82) is 0 Å². The summed E-state index contributed by atoms with van der Waals surface area (Å²) in [6.07, 6.45) is 3.76. The van der Waals surface area contributed by atoms with Crippen LogP contribution in [0.1, 0.15) is 0 Å². The SMILES string of the molecule is c1ccc(-c2nc(-c3ccccc3-c3cccc(-c4cccc(-c5nc(-c6ccccc6)nc(-c6ccccc6)n5)c4)c3-c3cccnc3)cc(-c3cccc4ccccc34)n2)cc1. The summed E-state index contributed by atoms with van der Waals surface area (Å²) in [5, 5.41) is 2.30. The van der Waals surface area contributed by atoms with E-state index in [0.717, 1.165) is 88.9 Å². The fraction of sp³-hybridized carbons (Fsp3) is 0. The monoisotopic (exact) mass is 818 g/mol. The van der Waals surface area contributed by atoms with Crippen LogP contribution < -0.4 is 0 Å². The Hall–Kier alpha value is -8.74. The molecule has 11 rings (SSSR count). The Labute approximate surface area is 371 Å². The van der Waals surface area contributed by atoms with E-state index in [0.29, 0.717) is 23.3 Å². The number of nitrogens with zero attached hydrogens (tertiary/aromatic N) is 6. The Kier molecular flexibility index (Phi) is 10.1. The normalized spacial score (nSPS) is 11.1. The van der Waals surface area contributed by atoms with E-state index < -0.39 is 0 Å². The Bertz CT molecular complexity index is 3370. The first-order chi connectivity index (χ1) is 31.7. The summed E-state index contributed by atoms with van der Waals surface area (Å²) in [7, 11) is 0. The van der Waals surface area contributed by atoms with Gasteiger partial charge in [-0.25, -0.2) is 24.9 Å². The second-order valence-corrected chi connectivity index (χ2v) is 15.5. The molecule has 3 aromatic heterocycles. The van der Waals surface area contributed by atoms with Gasteiger partial charge in [-0.1, -0.05) is 200 Å². The molecular weight excluding hydrogens is 781 g/mol. The fourth-order valence-electron chi connectivity index (χ4n) is 8.43. The molecule has 6 heteroatoms. The van der Waals surface area contributed by atoms with Gasteiger partial charge >= 0.3 is 0 Å². The van der Waals surface area contributed by atoms with Crippen molar-refractivity contribution in [2.24, 2.45) is 0 Å². The number of aromatic nitrogens is 6. The lowest BCUT2D eigenvalue weighted by atomic mass is 9.85. The maximum Gasteiger partial charge on any atom is 0.164 e. The zero-order valence-corrected chi connectivity index (χ0v) is 34.6. The molecule has 64 heavy (non-hydrogen) atoms. The van der Waals surface area contributed by atoms with Crippen LogP contribution in [-0.4, -0.2) is 29.9 Å². The van der Waals surface area contributed by atoms with E-state index >= 15 is 0 Å². The fourth-order valence-corrected chi connectivity index (χ4v) is 8.43. The molecule has 0 bridgehead atoms.